The molecule has 0 spiro atoms. The van der Waals surface area contributed by atoms with E-state index in [1.807, 2.05) is 13.0 Å². The number of rotatable bonds is 3. The molecule has 1 N–H and O–H groups in total. The molecular weight excluding hydrogens is 228 g/mol. The number of aliphatic hydroxyl groups excluding tert-OH is 1. The Morgan fingerprint density at radius 2 is 2.00 bits per heavy atom. The van der Waals surface area contributed by atoms with Gasteiger partial charge in [-0.1, -0.05) is 19.9 Å². The van der Waals surface area contributed by atoms with Gasteiger partial charge in [-0.25, -0.2) is 0 Å². The highest BCUT2D eigenvalue weighted by molar-refractivity contribution is 5.67. The molecule has 0 aromatic rings. The molecule has 1 saturated carbocycles. The molecule has 1 heterocycles. The summed E-state index contributed by atoms with van der Waals surface area (Å²) in [5, 5.41) is 9.92. The van der Waals surface area contributed by atoms with E-state index in [-0.39, 0.29) is 22.7 Å². The van der Waals surface area contributed by atoms with Crippen LogP contribution in [-0.2, 0) is 9.53 Å². The largest absolute Gasteiger partial charge is 0.393 e. The van der Waals surface area contributed by atoms with Gasteiger partial charge in [-0.15, -0.1) is 0 Å². The highest BCUT2D eigenvalue weighted by Crippen LogP contribution is 2.66. The van der Waals surface area contributed by atoms with E-state index in [9.17, 15) is 9.90 Å². The van der Waals surface area contributed by atoms with Crippen LogP contribution in [-0.4, -0.2) is 28.7 Å². The summed E-state index contributed by atoms with van der Waals surface area (Å²) in [6.07, 6.45) is 7.46. The summed E-state index contributed by atoms with van der Waals surface area (Å²) in [4.78, 5) is 10.4. The van der Waals surface area contributed by atoms with Gasteiger partial charge in [0.2, 0.25) is 0 Å². The third-order valence-corrected chi connectivity index (χ3v) is 4.42. The fourth-order valence-corrected chi connectivity index (χ4v) is 3.49. The summed E-state index contributed by atoms with van der Waals surface area (Å²) in [6.45, 7) is 8.21. The van der Waals surface area contributed by atoms with Gasteiger partial charge >= 0.3 is 0 Å². The maximum atomic E-state index is 10.4. The maximum Gasteiger partial charge on any atom is 0.143 e. The zero-order chi connectivity index (χ0) is 13.6. The van der Waals surface area contributed by atoms with E-state index in [0.717, 1.165) is 18.3 Å². The first-order chi connectivity index (χ1) is 8.26. The van der Waals surface area contributed by atoms with Gasteiger partial charge in [-0.3, -0.25) is 4.79 Å². The fourth-order valence-electron chi connectivity index (χ4n) is 3.49. The van der Waals surface area contributed by atoms with Crippen molar-refractivity contribution in [2.75, 3.05) is 0 Å². The minimum absolute atomic E-state index is 0.0998. The first kappa shape index (κ1) is 13.5. The van der Waals surface area contributed by atoms with E-state index in [2.05, 4.69) is 26.8 Å². The van der Waals surface area contributed by atoms with Crippen LogP contribution in [0.1, 0.15) is 40.5 Å². The zero-order valence-electron chi connectivity index (χ0n) is 11.6. The lowest BCUT2D eigenvalue weighted by atomic mass is 9.63. The van der Waals surface area contributed by atoms with Crippen LogP contribution in [0.2, 0.25) is 0 Å². The van der Waals surface area contributed by atoms with Gasteiger partial charge in [0.1, 0.15) is 17.5 Å². The molecule has 2 fully saturated rings. The second kappa shape index (κ2) is 4.04. The van der Waals surface area contributed by atoms with Gasteiger partial charge < -0.3 is 9.84 Å². The first-order valence-corrected chi connectivity index (χ1v) is 6.46. The molecule has 3 nitrogen and oxygen atoms in total. The van der Waals surface area contributed by atoms with Crippen molar-refractivity contribution in [3.05, 3.63) is 23.8 Å². The van der Waals surface area contributed by atoms with E-state index in [1.165, 1.54) is 6.08 Å². The molecule has 0 radical (unpaired) electrons. The third kappa shape index (κ3) is 1.86. The van der Waals surface area contributed by atoms with Crippen molar-refractivity contribution >= 4 is 6.29 Å². The molecule has 0 aromatic heterocycles. The van der Waals surface area contributed by atoms with Crippen molar-refractivity contribution in [2.24, 2.45) is 5.41 Å². The Morgan fingerprint density at radius 3 is 2.56 bits per heavy atom. The number of aldehydes is 1. The molecule has 0 aromatic carbocycles. The van der Waals surface area contributed by atoms with E-state index in [0.29, 0.717) is 6.42 Å². The lowest BCUT2D eigenvalue weighted by Crippen LogP contribution is -2.46. The van der Waals surface area contributed by atoms with Crippen molar-refractivity contribution in [1.82, 2.24) is 0 Å². The summed E-state index contributed by atoms with van der Waals surface area (Å²) < 4.78 is 6.00. The quantitative estimate of drug-likeness (QED) is 0.362. The van der Waals surface area contributed by atoms with Crippen LogP contribution in [0.3, 0.4) is 0 Å². The number of hydrogen-bond donors (Lipinski definition) is 1. The SMILES string of the molecule is CC(=C/C=O)/C=C/[C@]12O[C@@]1(C)C[C@H](O)CC2(C)C. The smallest absolute Gasteiger partial charge is 0.143 e. The number of epoxide rings is 1. The molecule has 0 amide bonds. The normalized spacial score (nSPS) is 42.7. The van der Waals surface area contributed by atoms with Gasteiger partial charge in [-0.05, 0) is 38.0 Å². The van der Waals surface area contributed by atoms with Gasteiger partial charge in [0.05, 0.1) is 6.10 Å². The monoisotopic (exact) mass is 250 g/mol. The number of ether oxygens (including phenoxy) is 1. The Bertz CT molecular complexity index is 421. The summed E-state index contributed by atoms with van der Waals surface area (Å²) >= 11 is 0. The molecule has 2 rings (SSSR count). The summed E-state index contributed by atoms with van der Waals surface area (Å²) in [5.74, 6) is 0. The molecule has 18 heavy (non-hydrogen) atoms. The molecule has 100 valence electrons. The minimum atomic E-state index is -0.308. The molecular formula is C15H22O3. The van der Waals surface area contributed by atoms with Crippen molar-refractivity contribution < 1.29 is 14.6 Å². The van der Waals surface area contributed by atoms with Crippen LogP contribution in [0.5, 0.6) is 0 Å². The van der Waals surface area contributed by atoms with Crippen LogP contribution in [0.4, 0.5) is 0 Å². The topological polar surface area (TPSA) is 49.8 Å². The van der Waals surface area contributed by atoms with Crippen molar-refractivity contribution in [1.29, 1.82) is 0 Å². The van der Waals surface area contributed by atoms with E-state index >= 15 is 0 Å². The summed E-state index contributed by atoms with van der Waals surface area (Å²) in [6, 6.07) is 0. The predicted octanol–water partition coefficient (Wildman–Crippen LogP) is 2.40. The number of allylic oxidation sites excluding steroid dienone is 3. The fraction of sp³-hybridized carbons (Fsp3) is 0.667. The Labute approximate surface area is 109 Å². The van der Waals surface area contributed by atoms with Crippen molar-refractivity contribution in [3.8, 4) is 0 Å². The second-order valence-electron chi connectivity index (χ2n) is 6.39. The first-order valence-electron chi connectivity index (χ1n) is 6.46. The van der Waals surface area contributed by atoms with E-state index < -0.39 is 0 Å². The van der Waals surface area contributed by atoms with Crippen LogP contribution < -0.4 is 0 Å². The molecule has 0 bridgehead atoms. The molecule has 1 saturated heterocycles. The van der Waals surface area contributed by atoms with E-state index in [1.54, 1.807) is 0 Å². The Balaban J connectivity index is 2.27. The van der Waals surface area contributed by atoms with Crippen LogP contribution >= 0.6 is 0 Å². The molecule has 3 atom stereocenters. The average molecular weight is 250 g/mol. The lowest BCUT2D eigenvalue weighted by molar-refractivity contribution is -0.104. The highest BCUT2D eigenvalue weighted by atomic mass is 16.6. The maximum absolute atomic E-state index is 10.4. The van der Waals surface area contributed by atoms with Crippen LogP contribution in [0.15, 0.2) is 23.8 Å². The minimum Gasteiger partial charge on any atom is -0.393 e. The number of hydrogen-bond acceptors (Lipinski definition) is 3. The van der Waals surface area contributed by atoms with Gasteiger partial charge in [-0.2, -0.15) is 0 Å². The van der Waals surface area contributed by atoms with E-state index in [4.69, 9.17) is 4.74 Å². The molecule has 1 aliphatic heterocycles. The molecule has 0 unspecified atom stereocenters. The van der Waals surface area contributed by atoms with Gasteiger partial charge in [0.25, 0.3) is 0 Å². The lowest BCUT2D eigenvalue weighted by Gasteiger charge is -2.39. The van der Waals surface area contributed by atoms with Crippen LogP contribution in [0, 0.1) is 5.41 Å². The van der Waals surface area contributed by atoms with Gasteiger partial charge in [0.15, 0.2) is 0 Å². The Morgan fingerprint density at radius 1 is 1.33 bits per heavy atom. The third-order valence-electron chi connectivity index (χ3n) is 4.42. The van der Waals surface area contributed by atoms with Crippen molar-refractivity contribution in [3.63, 3.8) is 0 Å². The zero-order valence-corrected chi connectivity index (χ0v) is 11.6. The number of aliphatic hydroxyl groups is 1. The van der Waals surface area contributed by atoms with Crippen molar-refractivity contribution in [2.45, 2.75) is 57.8 Å². The van der Waals surface area contributed by atoms with Gasteiger partial charge in [0, 0.05) is 11.8 Å². The summed E-state index contributed by atoms with van der Waals surface area (Å²) in [7, 11) is 0. The standard InChI is InChI=1S/C15H22O3/c1-11(6-8-16)5-7-15-13(2,3)9-12(17)10-14(15,4)18-15/h5-8,12,17H,9-10H2,1-4H3/b7-5+,11-6-/t12-,14+,15-/m1/s1. The van der Waals surface area contributed by atoms with Crippen LogP contribution in [0.25, 0.3) is 0 Å². The number of fused-ring (bicyclic) bond motifs is 1. The molecule has 1 aliphatic carbocycles. The Kier molecular flexibility index (Phi) is 3.03. The number of carbonyl (C=O) groups excluding carboxylic acids is 1. The molecule has 2 aliphatic rings. The molecule has 3 heteroatoms. The summed E-state index contributed by atoms with van der Waals surface area (Å²) in [5.41, 5.74) is 0.236. The second-order valence-corrected chi connectivity index (χ2v) is 6.39. The highest BCUT2D eigenvalue weighted by Gasteiger charge is 2.74. The Hall–Kier alpha value is -0.930. The predicted molar refractivity (Wildman–Crippen MR) is 70.2 cm³/mol. The number of carbonyl (C=O) groups is 1. The average Bonchev–Trinajstić information content (AvgIpc) is 2.82.